The number of carbonyl (C=O) groups excluding carboxylic acids is 2. The van der Waals surface area contributed by atoms with Crippen molar-refractivity contribution in [3.63, 3.8) is 0 Å². The Morgan fingerprint density at radius 2 is 1.40 bits per heavy atom. The average Bonchev–Trinajstić information content (AvgIpc) is 1.87. The Kier molecular flexibility index (Phi) is 8.89. The van der Waals surface area contributed by atoms with Gasteiger partial charge in [-0.25, -0.2) is 0 Å². The molecule has 0 N–H and O–H groups in total. The Morgan fingerprint density at radius 1 is 1.10 bits per heavy atom. The Morgan fingerprint density at radius 3 is 1.60 bits per heavy atom. The molecule has 0 aliphatic rings. The molecular formula is C5H9NaO4. The zero-order chi connectivity index (χ0) is 7.28. The fourth-order valence-corrected chi connectivity index (χ4v) is 0.262. The number of ether oxygens (including phenoxy) is 2. The predicted molar refractivity (Wildman–Crippen MR) is 35.8 cm³/mol. The molecule has 5 heteroatoms. The number of carbonyl (C=O) groups is 2. The molecule has 0 bridgehead atoms. The van der Waals surface area contributed by atoms with E-state index in [0.29, 0.717) is 0 Å². The zero-order valence-electron chi connectivity index (χ0n) is 5.34. The van der Waals surface area contributed by atoms with E-state index in [9.17, 15) is 9.59 Å². The van der Waals surface area contributed by atoms with Crippen LogP contribution in [0.2, 0.25) is 0 Å². The molecule has 0 radical (unpaired) electrons. The Hall–Kier alpha value is -0.0600. The van der Waals surface area contributed by atoms with Gasteiger partial charge in [0.15, 0.2) is 0 Å². The molecule has 0 atom stereocenters. The number of rotatable bonds is 2. The van der Waals surface area contributed by atoms with Gasteiger partial charge in [-0.2, -0.15) is 0 Å². The minimum absolute atomic E-state index is 0. The molecule has 0 aromatic rings. The Balaban J connectivity index is 0. The summed E-state index contributed by atoms with van der Waals surface area (Å²) in [5.74, 6) is -1.16. The van der Waals surface area contributed by atoms with Gasteiger partial charge in [-0.05, 0) is 0 Å². The molecule has 0 saturated carbocycles. The van der Waals surface area contributed by atoms with Gasteiger partial charge in [-0.3, -0.25) is 9.59 Å². The van der Waals surface area contributed by atoms with Crippen LogP contribution in [0.25, 0.3) is 0 Å². The second kappa shape index (κ2) is 7.05. The zero-order valence-corrected chi connectivity index (χ0v) is 5.34. The molecule has 0 spiro atoms. The van der Waals surface area contributed by atoms with Crippen molar-refractivity contribution in [1.29, 1.82) is 0 Å². The second-order valence-electron chi connectivity index (χ2n) is 1.33. The van der Waals surface area contributed by atoms with Gasteiger partial charge in [0.2, 0.25) is 0 Å². The first kappa shape index (κ1) is 12.6. The van der Waals surface area contributed by atoms with Gasteiger partial charge in [0.05, 0.1) is 14.2 Å². The monoisotopic (exact) mass is 156 g/mol. The van der Waals surface area contributed by atoms with Crippen LogP contribution < -0.4 is 0 Å². The van der Waals surface area contributed by atoms with Crippen molar-refractivity contribution in [2.75, 3.05) is 14.2 Å². The molecule has 4 nitrogen and oxygen atoms in total. The summed E-state index contributed by atoms with van der Waals surface area (Å²) in [5, 5.41) is 0. The summed E-state index contributed by atoms with van der Waals surface area (Å²) in [6, 6.07) is 0. The van der Waals surface area contributed by atoms with Crippen LogP contribution in [0.3, 0.4) is 0 Å². The van der Waals surface area contributed by atoms with E-state index >= 15 is 0 Å². The van der Waals surface area contributed by atoms with Crippen molar-refractivity contribution in [1.82, 2.24) is 0 Å². The van der Waals surface area contributed by atoms with Gasteiger partial charge in [0.25, 0.3) is 0 Å². The van der Waals surface area contributed by atoms with Crippen molar-refractivity contribution < 1.29 is 19.1 Å². The number of hydrogen-bond acceptors (Lipinski definition) is 4. The van der Waals surface area contributed by atoms with Crippen LogP contribution >= 0.6 is 0 Å². The summed E-state index contributed by atoms with van der Waals surface area (Å²) in [4.78, 5) is 20.5. The van der Waals surface area contributed by atoms with Crippen molar-refractivity contribution >= 4 is 41.5 Å². The normalized spacial score (nSPS) is 7.40. The Bertz CT molecular complexity index is 109. The average molecular weight is 156 g/mol. The van der Waals surface area contributed by atoms with Gasteiger partial charge in [-0.1, -0.05) is 0 Å². The summed E-state index contributed by atoms with van der Waals surface area (Å²) < 4.78 is 8.37. The third kappa shape index (κ3) is 6.07. The van der Waals surface area contributed by atoms with Crippen LogP contribution in [-0.2, 0) is 19.1 Å². The summed E-state index contributed by atoms with van der Waals surface area (Å²) in [5.41, 5.74) is 0. The quantitative estimate of drug-likeness (QED) is 0.294. The third-order valence-electron chi connectivity index (χ3n) is 0.744. The van der Waals surface area contributed by atoms with Gasteiger partial charge >= 0.3 is 41.5 Å². The SMILES string of the molecule is COC(=O)CC(=O)OC.[NaH]. The van der Waals surface area contributed by atoms with Gasteiger partial charge in [0.1, 0.15) is 6.42 Å². The molecule has 0 amide bonds. The fraction of sp³-hybridized carbons (Fsp3) is 0.600. The molecule has 0 aliphatic carbocycles. The van der Waals surface area contributed by atoms with E-state index in [1.165, 1.54) is 14.2 Å². The topological polar surface area (TPSA) is 52.6 Å². The summed E-state index contributed by atoms with van der Waals surface area (Å²) >= 11 is 0. The molecular weight excluding hydrogens is 147 g/mol. The summed E-state index contributed by atoms with van der Waals surface area (Å²) in [6.07, 6.45) is -0.312. The number of methoxy groups -OCH3 is 2. The van der Waals surface area contributed by atoms with Crippen LogP contribution in [0.5, 0.6) is 0 Å². The van der Waals surface area contributed by atoms with Crippen LogP contribution in [-0.4, -0.2) is 55.7 Å². The van der Waals surface area contributed by atoms with E-state index in [2.05, 4.69) is 9.47 Å². The van der Waals surface area contributed by atoms with E-state index in [1.807, 2.05) is 0 Å². The molecule has 0 aromatic carbocycles. The first-order valence-corrected chi connectivity index (χ1v) is 2.34. The van der Waals surface area contributed by atoms with Crippen molar-refractivity contribution in [2.24, 2.45) is 0 Å². The van der Waals surface area contributed by atoms with Crippen LogP contribution in [0.15, 0.2) is 0 Å². The van der Waals surface area contributed by atoms with Crippen molar-refractivity contribution in [3.8, 4) is 0 Å². The minimum atomic E-state index is -0.582. The van der Waals surface area contributed by atoms with Gasteiger partial charge in [0, 0.05) is 0 Å². The molecule has 0 unspecified atom stereocenters. The van der Waals surface area contributed by atoms with E-state index in [4.69, 9.17) is 0 Å². The fourth-order valence-electron chi connectivity index (χ4n) is 0.262. The summed E-state index contributed by atoms with van der Waals surface area (Å²) in [6.45, 7) is 0. The third-order valence-corrected chi connectivity index (χ3v) is 0.744. The molecule has 0 rings (SSSR count). The first-order valence-electron chi connectivity index (χ1n) is 2.34. The molecule has 0 saturated heterocycles. The number of esters is 2. The molecule has 54 valence electrons. The van der Waals surface area contributed by atoms with Crippen LogP contribution in [0.1, 0.15) is 6.42 Å². The molecule has 0 heterocycles. The molecule has 0 fully saturated rings. The predicted octanol–water partition coefficient (Wildman–Crippen LogP) is -0.926. The summed E-state index contributed by atoms with van der Waals surface area (Å²) in [7, 11) is 2.43. The maximum absolute atomic E-state index is 10.3. The maximum atomic E-state index is 10.3. The molecule has 0 aliphatic heterocycles. The van der Waals surface area contributed by atoms with Crippen molar-refractivity contribution in [2.45, 2.75) is 6.42 Å². The van der Waals surface area contributed by atoms with Crippen molar-refractivity contribution in [3.05, 3.63) is 0 Å². The van der Waals surface area contributed by atoms with E-state index in [0.717, 1.165) is 0 Å². The van der Waals surface area contributed by atoms with Crippen LogP contribution in [0, 0.1) is 0 Å². The molecule has 0 aromatic heterocycles. The molecule has 10 heavy (non-hydrogen) atoms. The number of hydrogen-bond donors (Lipinski definition) is 0. The van der Waals surface area contributed by atoms with Gasteiger partial charge in [-0.15, -0.1) is 0 Å². The second-order valence-corrected chi connectivity index (χ2v) is 1.33. The van der Waals surface area contributed by atoms with Gasteiger partial charge < -0.3 is 9.47 Å². The standard InChI is InChI=1S/C5H8O4.Na.H/c1-8-4(6)3-5(7)9-2;;/h3H2,1-2H3;;. The van der Waals surface area contributed by atoms with Crippen LogP contribution in [0.4, 0.5) is 0 Å². The van der Waals surface area contributed by atoms with E-state index in [1.54, 1.807) is 0 Å². The van der Waals surface area contributed by atoms with E-state index < -0.39 is 11.9 Å². The van der Waals surface area contributed by atoms with E-state index in [-0.39, 0.29) is 36.0 Å². The first-order chi connectivity index (χ1) is 4.20. The Labute approximate surface area is 81.2 Å².